The van der Waals surface area contributed by atoms with Crippen LogP contribution in [0.2, 0.25) is 0 Å². The van der Waals surface area contributed by atoms with Crippen molar-refractivity contribution in [2.45, 2.75) is 83.5 Å². The normalized spacial score (nSPS) is 37.0. The van der Waals surface area contributed by atoms with E-state index < -0.39 is 22.4 Å². The molecule has 2 N–H and O–H groups in total. The SMILES string of the molecule is CC(CC1CC2CC(C)(N)CC(CC(C)O[N+](=O)[O-])(C1)C2)O[N+](=O)[O-]. The zero-order valence-electron chi connectivity index (χ0n) is 15.2. The van der Waals surface area contributed by atoms with Crippen molar-refractivity contribution in [3.05, 3.63) is 20.2 Å². The summed E-state index contributed by atoms with van der Waals surface area (Å²) in [6.07, 6.45) is 4.79. The summed E-state index contributed by atoms with van der Waals surface area (Å²) in [6.45, 7) is 5.48. The van der Waals surface area contributed by atoms with Crippen LogP contribution in [-0.4, -0.2) is 27.9 Å². The first kappa shape index (κ1) is 19.7. The second-order valence-electron chi connectivity index (χ2n) is 8.63. The van der Waals surface area contributed by atoms with Gasteiger partial charge in [-0.15, -0.1) is 20.2 Å². The molecule has 0 aromatic carbocycles. The second-order valence-corrected chi connectivity index (χ2v) is 8.63. The lowest BCUT2D eigenvalue weighted by Crippen LogP contribution is -2.53. The van der Waals surface area contributed by atoms with Crippen molar-refractivity contribution in [2.24, 2.45) is 23.0 Å². The Labute approximate surface area is 147 Å². The van der Waals surface area contributed by atoms with Gasteiger partial charge in [0.15, 0.2) is 0 Å². The van der Waals surface area contributed by atoms with Crippen LogP contribution in [0, 0.1) is 37.5 Å². The summed E-state index contributed by atoms with van der Waals surface area (Å²) in [5.74, 6) is 0.737. The molecule has 0 saturated heterocycles. The third-order valence-corrected chi connectivity index (χ3v) is 5.56. The summed E-state index contributed by atoms with van der Waals surface area (Å²) < 4.78 is 0. The third kappa shape index (κ3) is 5.69. The molecular formula is C16H29N3O6. The quantitative estimate of drug-likeness (QED) is 0.520. The Morgan fingerprint density at radius 1 is 1.12 bits per heavy atom. The summed E-state index contributed by atoms with van der Waals surface area (Å²) in [5.41, 5.74) is 6.06. The van der Waals surface area contributed by atoms with Gasteiger partial charge in [0.05, 0.1) is 0 Å². The van der Waals surface area contributed by atoms with E-state index in [-0.39, 0.29) is 11.0 Å². The van der Waals surface area contributed by atoms with Crippen LogP contribution in [0.1, 0.15) is 65.7 Å². The molecule has 9 heteroatoms. The zero-order valence-corrected chi connectivity index (χ0v) is 15.2. The van der Waals surface area contributed by atoms with Crippen LogP contribution in [0.25, 0.3) is 0 Å². The van der Waals surface area contributed by atoms with E-state index in [2.05, 4.69) is 4.84 Å². The highest BCUT2D eigenvalue weighted by Crippen LogP contribution is 2.56. The van der Waals surface area contributed by atoms with E-state index in [0.29, 0.717) is 24.7 Å². The Kier molecular flexibility index (Phi) is 5.75. The van der Waals surface area contributed by atoms with Crippen molar-refractivity contribution in [1.82, 2.24) is 0 Å². The number of nitrogens with zero attached hydrogens (tertiary/aromatic N) is 2. The van der Waals surface area contributed by atoms with Gasteiger partial charge in [0, 0.05) is 5.54 Å². The van der Waals surface area contributed by atoms with E-state index in [9.17, 15) is 20.2 Å². The van der Waals surface area contributed by atoms with Crippen molar-refractivity contribution in [2.75, 3.05) is 0 Å². The van der Waals surface area contributed by atoms with E-state index in [0.717, 1.165) is 32.1 Å². The number of hydrogen-bond acceptors (Lipinski definition) is 7. The Bertz CT molecular complexity index is 514. The first-order valence-corrected chi connectivity index (χ1v) is 8.90. The number of nitrogens with two attached hydrogens (primary N) is 1. The van der Waals surface area contributed by atoms with Gasteiger partial charge in [-0.2, -0.15) is 0 Å². The van der Waals surface area contributed by atoms with Crippen LogP contribution in [0.3, 0.4) is 0 Å². The number of rotatable bonds is 8. The Morgan fingerprint density at radius 2 is 1.72 bits per heavy atom. The zero-order chi connectivity index (χ0) is 18.8. The van der Waals surface area contributed by atoms with Gasteiger partial charge >= 0.3 is 0 Å². The van der Waals surface area contributed by atoms with Gasteiger partial charge in [-0.05, 0) is 83.0 Å². The van der Waals surface area contributed by atoms with Crippen LogP contribution >= 0.6 is 0 Å². The molecule has 2 fully saturated rings. The molecule has 2 aliphatic rings. The summed E-state index contributed by atoms with van der Waals surface area (Å²) in [7, 11) is 0. The molecule has 0 heterocycles. The fraction of sp³-hybridized carbons (Fsp3) is 1.00. The molecular weight excluding hydrogens is 330 g/mol. The molecule has 2 aliphatic carbocycles. The molecule has 9 nitrogen and oxygen atoms in total. The molecule has 0 aromatic heterocycles. The van der Waals surface area contributed by atoms with Gasteiger partial charge in [0.25, 0.3) is 10.2 Å². The minimum absolute atomic E-state index is 0.112. The highest BCUT2D eigenvalue weighted by atomic mass is 17.0. The second kappa shape index (κ2) is 7.31. The number of fused-ring (bicyclic) bond motifs is 2. The van der Waals surface area contributed by atoms with Crippen LogP contribution in [0.4, 0.5) is 0 Å². The Balaban J connectivity index is 2.09. The lowest BCUT2D eigenvalue weighted by molar-refractivity contribution is -0.768. The van der Waals surface area contributed by atoms with Crippen molar-refractivity contribution in [3.63, 3.8) is 0 Å². The topological polar surface area (TPSA) is 131 Å². The summed E-state index contributed by atoms with van der Waals surface area (Å²) in [4.78, 5) is 30.6. The average molecular weight is 359 g/mol. The first-order chi connectivity index (χ1) is 11.5. The first-order valence-electron chi connectivity index (χ1n) is 8.90. The maximum absolute atomic E-state index is 10.6. The molecule has 0 radical (unpaired) electrons. The molecule has 0 amide bonds. The highest BCUT2D eigenvalue weighted by molar-refractivity contribution is 5.03. The van der Waals surface area contributed by atoms with Gasteiger partial charge in [-0.3, -0.25) is 0 Å². The molecule has 2 saturated carbocycles. The molecule has 2 bridgehead atoms. The largest absolute Gasteiger partial charge is 0.325 e. The lowest BCUT2D eigenvalue weighted by atomic mass is 9.53. The van der Waals surface area contributed by atoms with E-state index >= 15 is 0 Å². The predicted octanol–water partition coefficient (Wildman–Crippen LogP) is 2.87. The van der Waals surface area contributed by atoms with Crippen LogP contribution in [0.5, 0.6) is 0 Å². The van der Waals surface area contributed by atoms with Crippen molar-refractivity contribution in [1.29, 1.82) is 0 Å². The van der Waals surface area contributed by atoms with Gasteiger partial charge in [-0.25, -0.2) is 0 Å². The molecule has 0 aromatic rings. The molecule has 25 heavy (non-hydrogen) atoms. The van der Waals surface area contributed by atoms with Crippen molar-refractivity contribution in [3.8, 4) is 0 Å². The Morgan fingerprint density at radius 3 is 2.32 bits per heavy atom. The molecule has 6 atom stereocenters. The predicted molar refractivity (Wildman–Crippen MR) is 89.4 cm³/mol. The minimum atomic E-state index is -0.742. The highest BCUT2D eigenvalue weighted by Gasteiger charge is 2.49. The third-order valence-electron chi connectivity index (χ3n) is 5.56. The van der Waals surface area contributed by atoms with Crippen molar-refractivity contribution >= 4 is 0 Å². The van der Waals surface area contributed by atoms with Gasteiger partial charge in [0.2, 0.25) is 0 Å². The molecule has 144 valence electrons. The fourth-order valence-corrected chi connectivity index (χ4v) is 5.71. The van der Waals surface area contributed by atoms with E-state index in [1.165, 1.54) is 0 Å². The lowest BCUT2D eigenvalue weighted by Gasteiger charge is -2.54. The maximum atomic E-state index is 10.6. The summed E-state index contributed by atoms with van der Waals surface area (Å²) in [5, 5.41) is 19.7. The molecule has 6 unspecified atom stereocenters. The smallest absolute Gasteiger partial charge is 0.294 e. The minimum Gasteiger partial charge on any atom is -0.325 e. The summed E-state index contributed by atoms with van der Waals surface area (Å²) >= 11 is 0. The standard InChI is InChI=1S/C16H29N3O6/c1-11(24-18(20)21)4-13-5-14-7-15(3,17)10-16(8-13,9-14)6-12(2)25-19(22)23/h11-14H,4-10,17H2,1-3H3. The molecule has 0 spiro atoms. The van der Waals surface area contributed by atoms with Crippen LogP contribution in [0.15, 0.2) is 0 Å². The number of hydrogen-bond donors (Lipinski definition) is 1. The van der Waals surface area contributed by atoms with Crippen molar-refractivity contribution < 1.29 is 19.8 Å². The van der Waals surface area contributed by atoms with Gasteiger partial charge in [0.1, 0.15) is 12.2 Å². The summed E-state index contributed by atoms with van der Waals surface area (Å²) in [6, 6.07) is 0. The van der Waals surface area contributed by atoms with E-state index in [4.69, 9.17) is 10.6 Å². The van der Waals surface area contributed by atoms with Crippen LogP contribution < -0.4 is 5.73 Å². The van der Waals surface area contributed by atoms with Gasteiger partial charge in [-0.1, -0.05) is 0 Å². The van der Waals surface area contributed by atoms with E-state index in [1.807, 2.05) is 6.92 Å². The monoisotopic (exact) mass is 359 g/mol. The molecule has 0 aliphatic heterocycles. The van der Waals surface area contributed by atoms with E-state index in [1.54, 1.807) is 13.8 Å². The Hall–Kier alpha value is -1.64. The van der Waals surface area contributed by atoms with Gasteiger partial charge < -0.3 is 15.4 Å². The fourth-order valence-electron chi connectivity index (χ4n) is 5.71. The molecule has 2 rings (SSSR count). The average Bonchev–Trinajstić information content (AvgIpc) is 2.31. The maximum Gasteiger partial charge on any atom is 0.294 e. The van der Waals surface area contributed by atoms with Crippen LogP contribution in [-0.2, 0) is 9.68 Å².